The van der Waals surface area contributed by atoms with Crippen molar-refractivity contribution in [1.82, 2.24) is 19.7 Å². The minimum Gasteiger partial charge on any atom is -0.622 e. The Morgan fingerprint density at radius 1 is 1.58 bits per heavy atom. The molecule has 1 saturated heterocycles. The van der Waals surface area contributed by atoms with Crippen LogP contribution in [-0.4, -0.2) is 47.1 Å². The van der Waals surface area contributed by atoms with Crippen molar-refractivity contribution in [2.24, 2.45) is 0 Å². The van der Waals surface area contributed by atoms with Gasteiger partial charge in [0, 0.05) is 13.5 Å². The number of hydroxylamine groups is 2. The van der Waals surface area contributed by atoms with Gasteiger partial charge in [-0.3, -0.25) is 9.44 Å². The van der Waals surface area contributed by atoms with Gasteiger partial charge in [0.2, 0.25) is 0 Å². The highest BCUT2D eigenvalue weighted by atomic mass is 32.1. The Bertz CT molecular complexity index is 467. The lowest BCUT2D eigenvalue weighted by Gasteiger charge is -2.38. The number of aromatic nitrogens is 2. The van der Waals surface area contributed by atoms with E-state index in [0.717, 1.165) is 18.0 Å². The average Bonchev–Trinajstić information content (AvgIpc) is 2.95. The SMILES string of the molecule is CCc1nnc([N+]2([O-])CN(CC)CC2OC(C)=O)s1. The maximum Gasteiger partial charge on any atom is 0.310 e. The van der Waals surface area contributed by atoms with Crippen LogP contribution < -0.4 is 4.65 Å². The van der Waals surface area contributed by atoms with Crippen LogP contribution in [0.1, 0.15) is 25.8 Å². The van der Waals surface area contributed by atoms with Crippen molar-refractivity contribution in [3.05, 3.63) is 10.2 Å². The first kappa shape index (κ1) is 14.3. The fourth-order valence-corrected chi connectivity index (χ4v) is 2.91. The molecule has 1 fully saturated rings. The first-order valence-electron chi connectivity index (χ1n) is 6.30. The Labute approximate surface area is 116 Å². The van der Waals surface area contributed by atoms with Crippen LogP contribution in [0, 0.1) is 5.21 Å². The molecule has 1 aliphatic heterocycles. The van der Waals surface area contributed by atoms with E-state index in [-0.39, 0.29) is 6.67 Å². The molecular formula is C11H18N4O3S. The summed E-state index contributed by atoms with van der Waals surface area (Å²) in [6, 6.07) is 0. The molecule has 19 heavy (non-hydrogen) atoms. The first-order valence-corrected chi connectivity index (χ1v) is 7.12. The predicted molar refractivity (Wildman–Crippen MR) is 72.1 cm³/mol. The van der Waals surface area contributed by atoms with Gasteiger partial charge in [0.1, 0.15) is 11.7 Å². The normalized spacial score (nSPS) is 27.7. The molecule has 0 N–H and O–H groups in total. The minimum atomic E-state index is -0.755. The van der Waals surface area contributed by atoms with Crippen LogP contribution in [-0.2, 0) is 16.0 Å². The van der Waals surface area contributed by atoms with Gasteiger partial charge in [-0.15, -0.1) is 5.10 Å². The topological polar surface area (TPSA) is 78.4 Å². The number of aryl methyl sites for hydroxylation is 1. The Morgan fingerprint density at radius 3 is 2.84 bits per heavy atom. The molecule has 2 heterocycles. The Kier molecular flexibility index (Phi) is 4.14. The monoisotopic (exact) mass is 286 g/mol. The number of likely N-dealkylation sites (N-methyl/N-ethyl adjacent to an activating group) is 1. The van der Waals surface area contributed by atoms with Crippen LogP contribution in [0.15, 0.2) is 0 Å². The second kappa shape index (κ2) is 5.49. The predicted octanol–water partition coefficient (Wildman–Crippen LogP) is 1.09. The number of hydrogen-bond donors (Lipinski definition) is 0. The van der Waals surface area contributed by atoms with E-state index in [9.17, 15) is 10.0 Å². The number of nitrogens with zero attached hydrogens (tertiary/aromatic N) is 4. The third kappa shape index (κ3) is 2.76. The van der Waals surface area contributed by atoms with Crippen LogP contribution in [0.4, 0.5) is 5.13 Å². The summed E-state index contributed by atoms with van der Waals surface area (Å²) in [6.07, 6.45) is -0.0111. The maximum atomic E-state index is 13.0. The molecule has 2 atom stereocenters. The van der Waals surface area contributed by atoms with Crippen molar-refractivity contribution in [2.45, 2.75) is 33.4 Å². The second-order valence-corrected chi connectivity index (χ2v) is 5.54. The molecule has 2 unspecified atom stereocenters. The lowest BCUT2D eigenvalue weighted by molar-refractivity contribution is -0.150. The second-order valence-electron chi connectivity index (χ2n) is 4.50. The van der Waals surface area contributed by atoms with E-state index in [1.165, 1.54) is 18.3 Å². The first-order chi connectivity index (χ1) is 8.99. The summed E-state index contributed by atoms with van der Waals surface area (Å²) in [5.74, 6) is -0.443. The molecule has 0 radical (unpaired) electrons. The van der Waals surface area contributed by atoms with Gasteiger partial charge in [-0.05, 0) is 17.8 Å². The summed E-state index contributed by atoms with van der Waals surface area (Å²) in [6.45, 7) is 6.66. The molecule has 1 aromatic rings. The lowest BCUT2D eigenvalue weighted by Crippen LogP contribution is -2.50. The largest absolute Gasteiger partial charge is 0.622 e. The van der Waals surface area contributed by atoms with Crippen molar-refractivity contribution in [3.8, 4) is 0 Å². The van der Waals surface area contributed by atoms with Crippen molar-refractivity contribution < 1.29 is 9.53 Å². The van der Waals surface area contributed by atoms with E-state index in [2.05, 4.69) is 10.2 Å². The van der Waals surface area contributed by atoms with Gasteiger partial charge in [-0.2, -0.15) is 0 Å². The van der Waals surface area contributed by atoms with Crippen LogP contribution in [0.25, 0.3) is 0 Å². The summed E-state index contributed by atoms with van der Waals surface area (Å²) in [5.41, 5.74) is 0. The quantitative estimate of drug-likeness (QED) is 0.468. The Morgan fingerprint density at radius 2 is 2.32 bits per heavy atom. The van der Waals surface area contributed by atoms with Crippen LogP contribution in [0.5, 0.6) is 0 Å². The van der Waals surface area contributed by atoms with Crippen molar-refractivity contribution in [1.29, 1.82) is 0 Å². The molecule has 106 valence electrons. The Hall–Kier alpha value is -1.09. The van der Waals surface area contributed by atoms with Gasteiger partial charge in [0.05, 0.1) is 6.54 Å². The van der Waals surface area contributed by atoms with E-state index in [1.807, 2.05) is 18.7 Å². The van der Waals surface area contributed by atoms with Gasteiger partial charge < -0.3 is 9.94 Å². The third-order valence-corrected chi connectivity index (χ3v) is 4.30. The van der Waals surface area contributed by atoms with E-state index < -0.39 is 16.8 Å². The molecule has 0 spiro atoms. The molecule has 2 rings (SSSR count). The standard InChI is InChI=1S/C11H18N4O3S/c1-4-9-12-13-11(19-9)15(17)7-14(5-2)6-10(15)18-8(3)16/h10H,4-7H2,1-3H3. The van der Waals surface area contributed by atoms with E-state index in [1.54, 1.807) is 0 Å². The summed E-state index contributed by atoms with van der Waals surface area (Å²) in [5, 5.41) is 22.1. The summed E-state index contributed by atoms with van der Waals surface area (Å²) < 4.78 is 4.43. The van der Waals surface area contributed by atoms with Crippen molar-refractivity contribution in [3.63, 3.8) is 0 Å². The van der Waals surface area contributed by atoms with Gasteiger partial charge in [0.25, 0.3) is 6.23 Å². The molecule has 0 aliphatic carbocycles. The summed E-state index contributed by atoms with van der Waals surface area (Å²) >= 11 is 1.29. The third-order valence-electron chi connectivity index (χ3n) is 3.12. The molecular weight excluding hydrogens is 268 g/mol. The van der Waals surface area contributed by atoms with Crippen LogP contribution in [0.3, 0.4) is 0 Å². The zero-order valence-electron chi connectivity index (χ0n) is 11.3. The molecule has 1 aromatic heterocycles. The van der Waals surface area contributed by atoms with E-state index in [0.29, 0.717) is 11.7 Å². The van der Waals surface area contributed by atoms with Gasteiger partial charge >= 0.3 is 11.1 Å². The molecule has 0 saturated carbocycles. The minimum absolute atomic E-state index is 0.243. The molecule has 8 heteroatoms. The van der Waals surface area contributed by atoms with Gasteiger partial charge in [-0.1, -0.05) is 18.9 Å². The highest BCUT2D eigenvalue weighted by Gasteiger charge is 2.45. The number of esters is 1. The maximum absolute atomic E-state index is 13.0. The number of ether oxygens (including phenoxy) is 1. The number of hydrogen-bond acceptors (Lipinski definition) is 7. The lowest BCUT2D eigenvalue weighted by atomic mass is 10.5. The van der Waals surface area contributed by atoms with E-state index in [4.69, 9.17) is 4.74 Å². The molecule has 1 aliphatic rings. The molecule has 0 bridgehead atoms. The van der Waals surface area contributed by atoms with Crippen molar-refractivity contribution in [2.75, 3.05) is 19.8 Å². The van der Waals surface area contributed by atoms with E-state index >= 15 is 0 Å². The fourth-order valence-electron chi connectivity index (χ4n) is 2.07. The average molecular weight is 286 g/mol. The number of rotatable bonds is 4. The smallest absolute Gasteiger partial charge is 0.310 e. The number of carbonyl (C=O) groups excluding carboxylic acids is 1. The van der Waals surface area contributed by atoms with Crippen LogP contribution >= 0.6 is 11.3 Å². The van der Waals surface area contributed by atoms with Gasteiger partial charge in [0.15, 0.2) is 0 Å². The van der Waals surface area contributed by atoms with Crippen molar-refractivity contribution >= 4 is 22.4 Å². The highest BCUT2D eigenvalue weighted by molar-refractivity contribution is 7.15. The van der Waals surface area contributed by atoms with Crippen LogP contribution in [0.2, 0.25) is 0 Å². The molecule has 0 amide bonds. The molecule has 7 nitrogen and oxygen atoms in total. The zero-order chi connectivity index (χ0) is 14.0. The summed E-state index contributed by atoms with van der Waals surface area (Å²) in [4.78, 5) is 13.1. The fraction of sp³-hybridized carbons (Fsp3) is 0.727. The molecule has 0 aromatic carbocycles. The number of carbonyl (C=O) groups is 1. The highest BCUT2D eigenvalue weighted by Crippen LogP contribution is 2.34. The number of quaternary nitrogens is 1. The van der Waals surface area contributed by atoms with Gasteiger partial charge in [-0.25, -0.2) is 4.90 Å². The summed E-state index contributed by atoms with van der Waals surface area (Å²) in [7, 11) is 0. The Balaban J connectivity index is 2.28. The zero-order valence-corrected chi connectivity index (χ0v) is 12.1.